The van der Waals surface area contributed by atoms with Crippen molar-refractivity contribution in [2.45, 2.75) is 95.6 Å². The van der Waals surface area contributed by atoms with Crippen molar-refractivity contribution in [2.75, 3.05) is 6.61 Å². The van der Waals surface area contributed by atoms with E-state index < -0.39 is 0 Å². The highest BCUT2D eigenvalue weighted by Gasteiger charge is 2.52. The van der Waals surface area contributed by atoms with Crippen LogP contribution in [0.3, 0.4) is 0 Å². The summed E-state index contributed by atoms with van der Waals surface area (Å²) in [5, 5.41) is 0. The van der Waals surface area contributed by atoms with Crippen LogP contribution in [0.15, 0.2) is 0 Å². The first-order chi connectivity index (χ1) is 9.11. The van der Waals surface area contributed by atoms with Crippen molar-refractivity contribution in [3.8, 4) is 0 Å². The molecule has 2 atom stereocenters. The third kappa shape index (κ3) is 4.47. The van der Waals surface area contributed by atoms with Gasteiger partial charge in [0.25, 0.3) is 0 Å². The Hall–Kier alpha value is -0.0400. The summed E-state index contributed by atoms with van der Waals surface area (Å²) in [4.78, 5) is 0. The van der Waals surface area contributed by atoms with Crippen LogP contribution in [0.25, 0.3) is 0 Å². The molecule has 0 bridgehead atoms. The number of rotatable bonds is 7. The van der Waals surface area contributed by atoms with Gasteiger partial charge in [-0.2, -0.15) is 0 Å². The standard InChI is InChI=1S/C20H42O/c1-13-21-15(2)14-18(7,8)20(11,12)19(9,10)16(3)17(4,5)6/h15-16H,13-14H2,1-12H3. The van der Waals surface area contributed by atoms with E-state index in [1.807, 2.05) is 0 Å². The molecule has 0 aromatic carbocycles. The van der Waals surface area contributed by atoms with Gasteiger partial charge in [0.15, 0.2) is 0 Å². The summed E-state index contributed by atoms with van der Waals surface area (Å²) >= 11 is 0. The third-order valence-electron chi connectivity index (χ3n) is 6.93. The Morgan fingerprint density at radius 1 is 0.810 bits per heavy atom. The smallest absolute Gasteiger partial charge is 0.0552 e. The lowest BCUT2D eigenvalue weighted by Gasteiger charge is -2.58. The SMILES string of the molecule is CCOC(C)CC(C)(C)C(C)(C)C(C)(C)C(C)C(C)(C)C. The van der Waals surface area contributed by atoms with Gasteiger partial charge in [0.05, 0.1) is 6.10 Å². The Kier molecular flexibility index (Phi) is 6.59. The molecular weight excluding hydrogens is 256 g/mol. The Morgan fingerprint density at radius 3 is 1.57 bits per heavy atom. The summed E-state index contributed by atoms with van der Waals surface area (Å²) in [5.74, 6) is 0.640. The molecule has 0 aromatic rings. The van der Waals surface area contributed by atoms with Gasteiger partial charge < -0.3 is 4.74 Å². The van der Waals surface area contributed by atoms with E-state index in [-0.39, 0.29) is 16.2 Å². The second kappa shape index (κ2) is 6.60. The van der Waals surface area contributed by atoms with Crippen LogP contribution in [0, 0.1) is 27.6 Å². The predicted molar refractivity (Wildman–Crippen MR) is 95.7 cm³/mol. The maximum atomic E-state index is 5.81. The second-order valence-corrected chi connectivity index (χ2v) is 9.79. The van der Waals surface area contributed by atoms with E-state index in [0.29, 0.717) is 17.4 Å². The van der Waals surface area contributed by atoms with E-state index in [9.17, 15) is 0 Å². The van der Waals surface area contributed by atoms with Crippen LogP contribution in [0.4, 0.5) is 0 Å². The predicted octanol–water partition coefficient (Wildman–Crippen LogP) is 6.56. The highest BCUT2D eigenvalue weighted by Crippen LogP contribution is 2.59. The molecule has 0 heterocycles. The fraction of sp³-hybridized carbons (Fsp3) is 1.00. The Labute approximate surface area is 135 Å². The zero-order valence-corrected chi connectivity index (χ0v) is 17.0. The fourth-order valence-electron chi connectivity index (χ4n) is 3.81. The molecule has 0 aliphatic rings. The molecule has 2 unspecified atom stereocenters. The highest BCUT2D eigenvalue weighted by atomic mass is 16.5. The van der Waals surface area contributed by atoms with E-state index in [2.05, 4.69) is 83.1 Å². The van der Waals surface area contributed by atoms with E-state index in [0.717, 1.165) is 13.0 Å². The largest absolute Gasteiger partial charge is 0.379 e. The fourth-order valence-corrected chi connectivity index (χ4v) is 3.81. The van der Waals surface area contributed by atoms with Crippen molar-refractivity contribution in [1.29, 1.82) is 0 Å². The van der Waals surface area contributed by atoms with Crippen molar-refractivity contribution in [3.63, 3.8) is 0 Å². The van der Waals surface area contributed by atoms with Gasteiger partial charge in [-0.05, 0) is 47.8 Å². The average molecular weight is 299 g/mol. The molecule has 0 saturated heterocycles. The molecule has 0 spiro atoms. The van der Waals surface area contributed by atoms with Crippen LogP contribution >= 0.6 is 0 Å². The minimum atomic E-state index is 0.220. The topological polar surface area (TPSA) is 9.23 Å². The highest BCUT2D eigenvalue weighted by molar-refractivity contribution is 5.01. The summed E-state index contributed by atoms with van der Waals surface area (Å²) < 4.78 is 5.81. The van der Waals surface area contributed by atoms with E-state index in [1.165, 1.54) is 0 Å². The van der Waals surface area contributed by atoms with Gasteiger partial charge in [0, 0.05) is 6.61 Å². The van der Waals surface area contributed by atoms with E-state index >= 15 is 0 Å². The minimum Gasteiger partial charge on any atom is -0.379 e. The van der Waals surface area contributed by atoms with Crippen molar-refractivity contribution in [3.05, 3.63) is 0 Å². The molecule has 0 N–H and O–H groups in total. The zero-order valence-electron chi connectivity index (χ0n) is 17.0. The molecule has 128 valence electrons. The van der Waals surface area contributed by atoms with Gasteiger partial charge in [0.1, 0.15) is 0 Å². The monoisotopic (exact) mass is 298 g/mol. The molecular formula is C20H42O. The van der Waals surface area contributed by atoms with Crippen molar-refractivity contribution in [1.82, 2.24) is 0 Å². The first kappa shape index (κ1) is 21.0. The van der Waals surface area contributed by atoms with E-state index in [1.54, 1.807) is 0 Å². The van der Waals surface area contributed by atoms with E-state index in [4.69, 9.17) is 4.74 Å². The summed E-state index contributed by atoms with van der Waals surface area (Å²) in [6.45, 7) is 29.3. The first-order valence-electron chi connectivity index (χ1n) is 8.73. The van der Waals surface area contributed by atoms with Gasteiger partial charge in [-0.1, -0.05) is 69.2 Å². The maximum Gasteiger partial charge on any atom is 0.0552 e. The van der Waals surface area contributed by atoms with Crippen LogP contribution in [-0.2, 0) is 4.74 Å². The van der Waals surface area contributed by atoms with Crippen LogP contribution < -0.4 is 0 Å². The quantitative estimate of drug-likeness (QED) is 0.517. The molecule has 21 heavy (non-hydrogen) atoms. The lowest BCUT2D eigenvalue weighted by Crippen LogP contribution is -2.51. The average Bonchev–Trinajstić information content (AvgIpc) is 2.25. The summed E-state index contributed by atoms with van der Waals surface area (Å²) in [5.41, 5.74) is 1.02. The van der Waals surface area contributed by atoms with Gasteiger partial charge in [0.2, 0.25) is 0 Å². The van der Waals surface area contributed by atoms with Crippen LogP contribution in [-0.4, -0.2) is 12.7 Å². The molecule has 0 fully saturated rings. The molecule has 0 aliphatic heterocycles. The molecule has 1 nitrogen and oxygen atoms in total. The minimum absolute atomic E-state index is 0.220. The molecule has 0 saturated carbocycles. The lowest BCUT2D eigenvalue weighted by molar-refractivity contribution is -0.102. The lowest BCUT2D eigenvalue weighted by atomic mass is 9.47. The van der Waals surface area contributed by atoms with Crippen molar-refractivity contribution < 1.29 is 4.74 Å². The Bertz CT molecular complexity index is 317. The van der Waals surface area contributed by atoms with Crippen molar-refractivity contribution in [2.24, 2.45) is 27.6 Å². The molecule has 0 aliphatic carbocycles. The molecule has 0 rings (SSSR count). The summed E-state index contributed by atoms with van der Waals surface area (Å²) in [6.07, 6.45) is 1.43. The number of ether oxygens (including phenoxy) is 1. The zero-order chi connectivity index (χ0) is 17.3. The molecule has 1 heteroatoms. The maximum absolute atomic E-state index is 5.81. The van der Waals surface area contributed by atoms with Gasteiger partial charge in [-0.15, -0.1) is 0 Å². The van der Waals surface area contributed by atoms with Crippen LogP contribution in [0.5, 0.6) is 0 Å². The van der Waals surface area contributed by atoms with Crippen LogP contribution in [0.1, 0.15) is 89.5 Å². The molecule has 0 amide bonds. The third-order valence-corrected chi connectivity index (χ3v) is 6.93. The number of hydrogen-bond donors (Lipinski definition) is 0. The van der Waals surface area contributed by atoms with Crippen LogP contribution in [0.2, 0.25) is 0 Å². The Morgan fingerprint density at radius 2 is 1.24 bits per heavy atom. The second-order valence-electron chi connectivity index (χ2n) is 9.79. The summed E-state index contributed by atoms with van der Waals surface area (Å²) in [6, 6.07) is 0. The van der Waals surface area contributed by atoms with Gasteiger partial charge >= 0.3 is 0 Å². The molecule has 0 radical (unpaired) electrons. The first-order valence-corrected chi connectivity index (χ1v) is 8.73. The Balaban J connectivity index is 5.41. The van der Waals surface area contributed by atoms with Crippen molar-refractivity contribution >= 4 is 0 Å². The summed E-state index contributed by atoms with van der Waals surface area (Å²) in [7, 11) is 0. The van der Waals surface area contributed by atoms with Gasteiger partial charge in [-0.25, -0.2) is 0 Å². The number of hydrogen-bond acceptors (Lipinski definition) is 1. The van der Waals surface area contributed by atoms with Gasteiger partial charge in [-0.3, -0.25) is 0 Å². The normalized spacial score (nSPS) is 17.7. The molecule has 0 aromatic heterocycles.